The molecule has 2 aromatic carbocycles. The molecule has 0 saturated heterocycles. The zero-order chi connectivity index (χ0) is 27.9. The molecule has 1 aliphatic carbocycles. The van der Waals surface area contributed by atoms with Crippen LogP contribution in [0, 0.1) is 11.7 Å². The van der Waals surface area contributed by atoms with E-state index in [-0.39, 0.29) is 5.82 Å². The molecule has 202 valence electrons. The number of nitrogens with one attached hydrogen (secondary N) is 1. The maximum Gasteiger partial charge on any atom is 0.261 e. The molecule has 0 atom stereocenters. The molecule has 39 heavy (non-hydrogen) atoms. The molecular weight excluding hydrogens is 566 g/mol. The Kier molecular flexibility index (Phi) is 7.34. The van der Waals surface area contributed by atoms with E-state index in [1.54, 1.807) is 30.3 Å². The summed E-state index contributed by atoms with van der Waals surface area (Å²) >= 11 is 12.9. The second-order valence-electron chi connectivity index (χ2n) is 9.21. The third-order valence-electron chi connectivity index (χ3n) is 6.04. The lowest BCUT2D eigenvalue weighted by molar-refractivity contribution is 0.490. The minimum atomic E-state index is -3.67. The third kappa shape index (κ3) is 6.22. The van der Waals surface area contributed by atoms with Gasteiger partial charge < -0.3 is 10.7 Å². The quantitative estimate of drug-likeness (QED) is 0.211. The van der Waals surface area contributed by atoms with Crippen molar-refractivity contribution in [2.75, 3.05) is 12.0 Å². The van der Waals surface area contributed by atoms with Crippen molar-refractivity contribution in [3.63, 3.8) is 0 Å². The van der Waals surface area contributed by atoms with E-state index in [4.69, 9.17) is 43.5 Å². The van der Waals surface area contributed by atoms with Gasteiger partial charge in [-0.1, -0.05) is 29.3 Å². The summed E-state index contributed by atoms with van der Waals surface area (Å²) in [5.41, 5.74) is 10.9. The third-order valence-corrected chi connectivity index (χ3v) is 6.67. The van der Waals surface area contributed by atoms with Crippen LogP contribution in [0.1, 0.15) is 12.8 Å². The van der Waals surface area contributed by atoms with Gasteiger partial charge in [0.25, 0.3) is 10.1 Å². The fraction of sp³-hybridized carbons (Fsp3) is 0.192. The van der Waals surface area contributed by atoms with Crippen LogP contribution in [0.2, 0.25) is 10.0 Å². The lowest BCUT2D eigenvalue weighted by Gasteiger charge is -2.06. The number of rotatable bonds is 5. The number of fused-ring (bicyclic) bond motifs is 1. The highest BCUT2D eigenvalue weighted by Gasteiger charge is 2.25. The number of aromatic nitrogens is 5. The first-order valence-corrected chi connectivity index (χ1v) is 14.4. The van der Waals surface area contributed by atoms with Crippen molar-refractivity contribution < 1.29 is 17.4 Å². The molecule has 13 heteroatoms. The smallest absolute Gasteiger partial charge is 0.261 e. The van der Waals surface area contributed by atoms with Crippen LogP contribution < -0.4 is 5.73 Å². The number of nitrogens with zero attached hydrogens (tertiary/aromatic N) is 4. The maximum absolute atomic E-state index is 13.6. The molecule has 9 nitrogen and oxygen atoms in total. The fourth-order valence-corrected chi connectivity index (χ4v) is 4.69. The molecule has 6 rings (SSSR count). The molecule has 1 fully saturated rings. The number of anilines is 1. The molecule has 0 aliphatic heterocycles. The Labute approximate surface area is 233 Å². The van der Waals surface area contributed by atoms with Gasteiger partial charge in [-0.25, -0.2) is 19.3 Å². The first-order valence-electron chi connectivity index (χ1n) is 11.8. The summed E-state index contributed by atoms with van der Waals surface area (Å²) in [6.07, 6.45) is 3.10. The number of nitrogen functional groups attached to an aromatic ring is 1. The Hall–Kier alpha value is -3.51. The lowest BCUT2D eigenvalue weighted by atomic mass is 10.1. The van der Waals surface area contributed by atoms with E-state index in [0.717, 1.165) is 23.3 Å². The van der Waals surface area contributed by atoms with E-state index in [0.29, 0.717) is 56.6 Å². The van der Waals surface area contributed by atoms with E-state index < -0.39 is 10.1 Å². The van der Waals surface area contributed by atoms with E-state index in [1.807, 2.05) is 16.7 Å². The minimum absolute atomic E-state index is 0.325. The molecular formula is C26H23Cl2FN6O3S. The lowest BCUT2D eigenvalue weighted by Crippen LogP contribution is -2.05. The first-order chi connectivity index (χ1) is 18.5. The van der Waals surface area contributed by atoms with Gasteiger partial charge in [-0.2, -0.15) is 8.42 Å². The SMILES string of the molecule is CS(=O)(=O)O.Nc1nc2ccc(-c3[nH]c(-c4c(Cl)cccc4Cl)nc3-c3ccc(F)cc3)nc2n1CC1CC1. The Balaban J connectivity index is 0.000000567. The van der Waals surface area contributed by atoms with Gasteiger partial charge in [-0.15, -0.1) is 0 Å². The highest BCUT2D eigenvalue weighted by atomic mass is 35.5. The average molecular weight is 589 g/mol. The van der Waals surface area contributed by atoms with Crippen LogP contribution in [-0.4, -0.2) is 43.7 Å². The molecule has 0 amide bonds. The molecule has 1 aliphatic rings. The van der Waals surface area contributed by atoms with Gasteiger partial charge in [0.1, 0.15) is 17.2 Å². The van der Waals surface area contributed by atoms with Gasteiger partial charge in [0, 0.05) is 12.1 Å². The molecule has 0 unspecified atom stereocenters. The number of imidazole rings is 2. The Bertz CT molecular complexity index is 1760. The normalized spacial score (nSPS) is 13.4. The van der Waals surface area contributed by atoms with Crippen LogP contribution in [0.4, 0.5) is 10.3 Å². The summed E-state index contributed by atoms with van der Waals surface area (Å²) in [5, 5.41) is 0.939. The molecule has 3 aromatic heterocycles. The molecule has 0 spiro atoms. The number of nitrogens with two attached hydrogens (primary N) is 1. The van der Waals surface area contributed by atoms with Crippen LogP contribution in [0.3, 0.4) is 0 Å². The van der Waals surface area contributed by atoms with E-state index in [2.05, 4.69) is 9.97 Å². The summed E-state index contributed by atoms with van der Waals surface area (Å²) in [6.45, 7) is 0.799. The van der Waals surface area contributed by atoms with Crippen LogP contribution in [0.15, 0.2) is 54.6 Å². The van der Waals surface area contributed by atoms with Gasteiger partial charge in [0.2, 0.25) is 5.95 Å². The van der Waals surface area contributed by atoms with Crippen LogP contribution in [0.5, 0.6) is 0 Å². The second kappa shape index (κ2) is 10.6. The summed E-state index contributed by atoms with van der Waals surface area (Å²) in [5.74, 6) is 1.24. The van der Waals surface area contributed by atoms with Crippen LogP contribution >= 0.6 is 23.2 Å². The van der Waals surface area contributed by atoms with Crippen molar-refractivity contribution in [3.05, 3.63) is 70.5 Å². The predicted molar refractivity (Wildman–Crippen MR) is 151 cm³/mol. The summed E-state index contributed by atoms with van der Waals surface area (Å²) < 4.78 is 41.5. The first kappa shape index (κ1) is 27.1. The minimum Gasteiger partial charge on any atom is -0.369 e. The Morgan fingerprint density at radius 3 is 2.31 bits per heavy atom. The number of hydrogen-bond donors (Lipinski definition) is 3. The standard InChI is InChI=1S/C25H19Cl2FN6.CH4O3S/c26-16-2-1-3-17(27)20(16)23-32-21(14-6-8-15(28)9-7-14)22(33-23)18-10-11-19-24(30-18)34(25(29)31-19)12-13-4-5-13;1-5(2,3)4/h1-3,6-11,13H,4-5,12H2,(H2,29,31)(H,32,33);1H3,(H,2,3,4). The Morgan fingerprint density at radius 1 is 1.05 bits per heavy atom. The van der Waals surface area contributed by atoms with E-state index >= 15 is 0 Å². The predicted octanol–water partition coefficient (Wildman–Crippen LogP) is 6.10. The molecule has 3 heterocycles. The summed E-state index contributed by atoms with van der Waals surface area (Å²) in [6, 6.07) is 15.2. The number of pyridine rings is 1. The summed E-state index contributed by atoms with van der Waals surface area (Å²) in [4.78, 5) is 17.5. The molecule has 1 saturated carbocycles. The van der Waals surface area contributed by atoms with E-state index in [1.165, 1.54) is 25.0 Å². The van der Waals surface area contributed by atoms with Crippen molar-refractivity contribution >= 4 is 50.4 Å². The zero-order valence-electron chi connectivity index (χ0n) is 20.6. The largest absolute Gasteiger partial charge is 0.369 e. The monoisotopic (exact) mass is 588 g/mol. The van der Waals surface area contributed by atoms with Crippen LogP contribution in [0.25, 0.3) is 45.2 Å². The molecule has 5 aromatic rings. The Morgan fingerprint density at radius 2 is 1.69 bits per heavy atom. The van der Waals surface area contributed by atoms with Gasteiger partial charge in [-0.3, -0.25) is 9.12 Å². The van der Waals surface area contributed by atoms with Crippen molar-refractivity contribution in [2.45, 2.75) is 19.4 Å². The zero-order valence-corrected chi connectivity index (χ0v) is 22.9. The maximum atomic E-state index is 13.6. The number of hydrogen-bond acceptors (Lipinski definition) is 6. The van der Waals surface area contributed by atoms with Crippen molar-refractivity contribution in [1.82, 2.24) is 24.5 Å². The molecule has 0 bridgehead atoms. The van der Waals surface area contributed by atoms with Gasteiger partial charge in [0.15, 0.2) is 5.65 Å². The number of benzene rings is 2. The highest BCUT2D eigenvalue weighted by Crippen LogP contribution is 2.38. The second-order valence-corrected chi connectivity index (χ2v) is 11.5. The van der Waals surface area contributed by atoms with Crippen LogP contribution in [-0.2, 0) is 16.7 Å². The topological polar surface area (TPSA) is 140 Å². The number of aromatic amines is 1. The summed E-state index contributed by atoms with van der Waals surface area (Å²) in [7, 11) is -3.67. The number of H-pyrrole nitrogens is 1. The average Bonchev–Trinajstić information content (AvgIpc) is 3.49. The van der Waals surface area contributed by atoms with Gasteiger partial charge in [-0.05, 0) is 67.3 Å². The molecule has 4 N–H and O–H groups in total. The van der Waals surface area contributed by atoms with Crippen molar-refractivity contribution in [2.24, 2.45) is 5.92 Å². The van der Waals surface area contributed by atoms with Crippen molar-refractivity contribution in [3.8, 4) is 34.0 Å². The fourth-order valence-electron chi connectivity index (χ4n) is 4.11. The van der Waals surface area contributed by atoms with E-state index in [9.17, 15) is 12.8 Å². The van der Waals surface area contributed by atoms with Gasteiger partial charge >= 0.3 is 0 Å². The van der Waals surface area contributed by atoms with Crippen molar-refractivity contribution in [1.29, 1.82) is 0 Å². The highest BCUT2D eigenvalue weighted by molar-refractivity contribution is 7.85. The number of halogens is 3. The molecule has 0 radical (unpaired) electrons. The van der Waals surface area contributed by atoms with Gasteiger partial charge in [0.05, 0.1) is 38.9 Å².